The van der Waals surface area contributed by atoms with Gasteiger partial charge in [0.1, 0.15) is 5.02 Å². The Kier molecular flexibility index (Phi) is 10.2. The van der Waals surface area contributed by atoms with Crippen LogP contribution in [0.3, 0.4) is 0 Å². The molecule has 0 unspecified atom stereocenters. The van der Waals surface area contributed by atoms with Crippen LogP contribution in [0.15, 0.2) is 12.1 Å². The Morgan fingerprint density at radius 1 is 0.917 bits per heavy atom. The molecule has 0 fully saturated rings. The molecular formula is C17H21Cl3O4. The smallest absolute Gasteiger partial charge is 0.311 e. The number of carbonyl (C=O) groups is 2. The van der Waals surface area contributed by atoms with Crippen molar-refractivity contribution in [3.05, 3.63) is 27.2 Å². The Morgan fingerprint density at radius 2 is 1.54 bits per heavy atom. The third-order valence-corrected chi connectivity index (χ3v) is 4.35. The molecule has 4 nitrogen and oxygen atoms in total. The normalized spacial score (nSPS) is 10.5. The summed E-state index contributed by atoms with van der Waals surface area (Å²) in [6.07, 6.45) is 5.20. The van der Waals surface area contributed by atoms with E-state index in [1.54, 1.807) is 0 Å². The van der Waals surface area contributed by atoms with Crippen molar-refractivity contribution in [1.82, 2.24) is 0 Å². The molecule has 0 N–H and O–H groups in total. The second kappa shape index (κ2) is 11.6. The molecule has 0 bridgehead atoms. The zero-order valence-corrected chi connectivity index (χ0v) is 15.8. The third kappa shape index (κ3) is 7.73. The maximum absolute atomic E-state index is 11.8. The van der Waals surface area contributed by atoms with E-state index in [0.717, 1.165) is 19.3 Å². The molecule has 0 aliphatic heterocycles. The monoisotopic (exact) mass is 394 g/mol. The highest BCUT2D eigenvalue weighted by Crippen LogP contribution is 2.38. The van der Waals surface area contributed by atoms with Gasteiger partial charge in [-0.2, -0.15) is 0 Å². The van der Waals surface area contributed by atoms with E-state index in [1.807, 2.05) is 0 Å². The standard InChI is InChI=1S/C17H21Cl3O4/c1-2-3-4-5-6-11-23-14(21)9-10-15(22)24-17-13(19)8-7-12(18)16(17)20/h7-8H,2-6,9-11H2,1H3. The topological polar surface area (TPSA) is 52.6 Å². The first-order chi connectivity index (χ1) is 11.5. The zero-order valence-electron chi connectivity index (χ0n) is 13.6. The predicted octanol–water partition coefficient (Wildman–Crippen LogP) is 5.85. The van der Waals surface area contributed by atoms with Gasteiger partial charge in [0.15, 0.2) is 5.75 Å². The molecule has 0 aliphatic rings. The van der Waals surface area contributed by atoms with Gasteiger partial charge in [-0.3, -0.25) is 9.59 Å². The van der Waals surface area contributed by atoms with E-state index < -0.39 is 11.9 Å². The van der Waals surface area contributed by atoms with Crippen molar-refractivity contribution < 1.29 is 19.1 Å². The van der Waals surface area contributed by atoms with Crippen LogP contribution in [0.2, 0.25) is 15.1 Å². The summed E-state index contributed by atoms with van der Waals surface area (Å²) in [4.78, 5) is 23.4. The molecule has 0 atom stereocenters. The second-order valence-electron chi connectivity index (χ2n) is 5.28. The Morgan fingerprint density at radius 3 is 2.25 bits per heavy atom. The van der Waals surface area contributed by atoms with Crippen LogP contribution in [0.5, 0.6) is 5.75 Å². The number of hydrogen-bond donors (Lipinski definition) is 0. The SMILES string of the molecule is CCCCCCCOC(=O)CCC(=O)Oc1c(Cl)ccc(Cl)c1Cl. The summed E-state index contributed by atoms with van der Waals surface area (Å²) in [5.41, 5.74) is 0. The molecule has 0 heterocycles. The Labute approximate surface area is 157 Å². The highest BCUT2D eigenvalue weighted by molar-refractivity contribution is 6.44. The Bertz CT molecular complexity index is 561. The molecule has 1 rings (SSSR count). The van der Waals surface area contributed by atoms with Gasteiger partial charge in [-0.25, -0.2) is 0 Å². The summed E-state index contributed by atoms with van der Waals surface area (Å²) in [5, 5.41) is 0.464. The van der Waals surface area contributed by atoms with Gasteiger partial charge >= 0.3 is 11.9 Å². The van der Waals surface area contributed by atoms with Crippen molar-refractivity contribution in [1.29, 1.82) is 0 Å². The number of benzene rings is 1. The van der Waals surface area contributed by atoms with E-state index in [1.165, 1.54) is 25.0 Å². The quantitative estimate of drug-likeness (QED) is 0.216. The fraction of sp³-hybridized carbons (Fsp3) is 0.529. The zero-order chi connectivity index (χ0) is 17.9. The summed E-state index contributed by atoms with van der Waals surface area (Å²) in [6.45, 7) is 2.52. The molecule has 134 valence electrons. The molecule has 7 heteroatoms. The van der Waals surface area contributed by atoms with Crippen molar-refractivity contribution >= 4 is 46.7 Å². The molecule has 0 spiro atoms. The molecular weight excluding hydrogens is 375 g/mol. The summed E-state index contributed by atoms with van der Waals surface area (Å²) in [7, 11) is 0. The van der Waals surface area contributed by atoms with E-state index in [4.69, 9.17) is 44.3 Å². The van der Waals surface area contributed by atoms with Crippen LogP contribution in [0.25, 0.3) is 0 Å². The van der Waals surface area contributed by atoms with Crippen LogP contribution in [0.4, 0.5) is 0 Å². The first kappa shape index (κ1) is 21.1. The number of rotatable bonds is 10. The van der Waals surface area contributed by atoms with Crippen LogP contribution in [-0.4, -0.2) is 18.5 Å². The van der Waals surface area contributed by atoms with Crippen LogP contribution < -0.4 is 4.74 Å². The number of ether oxygens (including phenoxy) is 2. The maximum atomic E-state index is 11.8. The minimum atomic E-state index is -0.624. The molecule has 0 saturated heterocycles. The van der Waals surface area contributed by atoms with Gasteiger partial charge in [0.05, 0.1) is 29.5 Å². The van der Waals surface area contributed by atoms with E-state index in [-0.39, 0.29) is 33.7 Å². The summed E-state index contributed by atoms with van der Waals surface area (Å²) < 4.78 is 10.2. The van der Waals surface area contributed by atoms with Crippen LogP contribution in [0, 0.1) is 0 Å². The van der Waals surface area contributed by atoms with Crippen molar-refractivity contribution in [3.8, 4) is 5.75 Å². The minimum Gasteiger partial charge on any atom is -0.466 e. The highest BCUT2D eigenvalue weighted by Gasteiger charge is 2.16. The molecule has 0 aliphatic carbocycles. The van der Waals surface area contributed by atoms with Gasteiger partial charge in [-0.05, 0) is 18.6 Å². The largest absolute Gasteiger partial charge is 0.466 e. The molecule has 0 saturated carbocycles. The van der Waals surface area contributed by atoms with Crippen molar-refractivity contribution in [3.63, 3.8) is 0 Å². The molecule has 0 aromatic heterocycles. The molecule has 0 radical (unpaired) electrons. The van der Waals surface area contributed by atoms with E-state index in [0.29, 0.717) is 6.61 Å². The van der Waals surface area contributed by atoms with Crippen molar-refractivity contribution in [2.45, 2.75) is 51.9 Å². The lowest BCUT2D eigenvalue weighted by molar-refractivity contribution is -0.147. The summed E-state index contributed by atoms with van der Waals surface area (Å²) in [5.74, 6) is -1.05. The molecule has 1 aromatic rings. The lowest BCUT2D eigenvalue weighted by Crippen LogP contribution is -2.13. The second-order valence-corrected chi connectivity index (χ2v) is 6.47. The number of hydrogen-bond acceptors (Lipinski definition) is 4. The fourth-order valence-electron chi connectivity index (χ4n) is 1.93. The average Bonchev–Trinajstić information content (AvgIpc) is 2.56. The van der Waals surface area contributed by atoms with Crippen LogP contribution >= 0.6 is 34.8 Å². The lowest BCUT2D eigenvalue weighted by atomic mass is 10.2. The van der Waals surface area contributed by atoms with E-state index in [9.17, 15) is 9.59 Å². The first-order valence-electron chi connectivity index (χ1n) is 7.95. The fourth-order valence-corrected chi connectivity index (χ4v) is 2.53. The van der Waals surface area contributed by atoms with Gasteiger partial charge in [0.25, 0.3) is 0 Å². The highest BCUT2D eigenvalue weighted by atomic mass is 35.5. The van der Waals surface area contributed by atoms with Gasteiger partial charge in [-0.1, -0.05) is 67.4 Å². The van der Waals surface area contributed by atoms with Crippen molar-refractivity contribution in [2.24, 2.45) is 0 Å². The minimum absolute atomic E-state index is 0.000116. The van der Waals surface area contributed by atoms with Crippen LogP contribution in [-0.2, 0) is 14.3 Å². The van der Waals surface area contributed by atoms with E-state index in [2.05, 4.69) is 6.92 Å². The number of halogens is 3. The summed E-state index contributed by atoms with van der Waals surface area (Å²) in [6, 6.07) is 2.98. The Balaban J connectivity index is 2.29. The predicted molar refractivity (Wildman–Crippen MR) is 96.1 cm³/mol. The van der Waals surface area contributed by atoms with Gasteiger partial charge in [0, 0.05) is 0 Å². The van der Waals surface area contributed by atoms with Gasteiger partial charge in [0.2, 0.25) is 0 Å². The van der Waals surface area contributed by atoms with Crippen molar-refractivity contribution in [2.75, 3.05) is 6.61 Å². The van der Waals surface area contributed by atoms with E-state index >= 15 is 0 Å². The number of carbonyl (C=O) groups excluding carboxylic acids is 2. The van der Waals surface area contributed by atoms with Crippen LogP contribution in [0.1, 0.15) is 51.9 Å². The third-order valence-electron chi connectivity index (χ3n) is 3.26. The first-order valence-corrected chi connectivity index (χ1v) is 9.09. The average molecular weight is 396 g/mol. The number of esters is 2. The molecule has 0 amide bonds. The molecule has 24 heavy (non-hydrogen) atoms. The lowest BCUT2D eigenvalue weighted by Gasteiger charge is -2.09. The molecule has 1 aromatic carbocycles. The maximum Gasteiger partial charge on any atom is 0.311 e. The Hall–Kier alpha value is -0.970. The van der Waals surface area contributed by atoms with Gasteiger partial charge in [-0.15, -0.1) is 0 Å². The number of unbranched alkanes of at least 4 members (excludes halogenated alkanes) is 4. The van der Waals surface area contributed by atoms with Gasteiger partial charge < -0.3 is 9.47 Å². The summed E-state index contributed by atoms with van der Waals surface area (Å²) >= 11 is 17.7.